The fourth-order valence-electron chi connectivity index (χ4n) is 7.93. The first-order chi connectivity index (χ1) is 38.6. The van der Waals surface area contributed by atoms with Crippen molar-refractivity contribution in [3.05, 3.63) is 149 Å². The monoisotopic (exact) mass is 1120 g/mol. The molecule has 406 valence electrons. The smallest absolute Gasteiger partial charge is 0.311 e. The molecule has 0 saturated carbocycles. The van der Waals surface area contributed by atoms with E-state index in [1.807, 2.05) is 121 Å². The van der Waals surface area contributed by atoms with Crippen molar-refractivity contribution in [1.29, 1.82) is 0 Å². The van der Waals surface area contributed by atoms with Crippen molar-refractivity contribution in [2.24, 2.45) is 9.03 Å². The van der Waals surface area contributed by atoms with Crippen LogP contribution in [-0.2, 0) is 80.4 Å². The Labute approximate surface area is 455 Å². The molecule has 19 nitrogen and oxygen atoms in total. The Morgan fingerprint density at radius 1 is 0.385 bits per heavy atom. The summed E-state index contributed by atoms with van der Waals surface area (Å²) >= 11 is 0. The third-order valence-corrected chi connectivity index (χ3v) is 15.5. The molecule has 6 unspecified atom stereocenters. The van der Waals surface area contributed by atoms with Gasteiger partial charge in [0.1, 0.15) is 67.8 Å². The zero-order valence-electron chi connectivity index (χ0n) is 42.3. The molecule has 0 spiro atoms. The summed E-state index contributed by atoms with van der Waals surface area (Å²) in [5.74, 6) is 2.49. The summed E-state index contributed by atoms with van der Waals surface area (Å²) in [6, 6.07) is 38.0. The molecule has 0 amide bonds. The number of epoxide rings is 5. The minimum absolute atomic E-state index is 0.0389. The van der Waals surface area contributed by atoms with Crippen molar-refractivity contribution in [3.8, 4) is 63.2 Å². The molecule has 22 heteroatoms. The highest BCUT2D eigenvalue weighted by Crippen LogP contribution is 2.65. The first-order valence-electron chi connectivity index (χ1n) is 25.7. The van der Waals surface area contributed by atoms with Crippen LogP contribution in [-0.4, -0.2) is 96.6 Å². The number of rotatable bonds is 32. The van der Waals surface area contributed by atoms with Crippen molar-refractivity contribution in [3.63, 3.8) is 0 Å². The van der Waals surface area contributed by atoms with E-state index in [1.54, 1.807) is 0 Å². The molecular formula is C56H56N3O16P3. The van der Waals surface area contributed by atoms with E-state index in [2.05, 4.69) is 9.37 Å². The highest BCUT2D eigenvalue weighted by molar-refractivity contribution is 7.64. The van der Waals surface area contributed by atoms with E-state index >= 15 is 0 Å². The second kappa shape index (κ2) is 26.1. The fraction of sp³-hybridized carbons (Fsp3) is 0.357. The molecule has 1 N–H and O–H groups in total. The van der Waals surface area contributed by atoms with E-state index in [-0.39, 0.29) is 98.1 Å². The highest BCUT2D eigenvalue weighted by Gasteiger charge is 2.38. The van der Waals surface area contributed by atoms with Crippen LogP contribution in [0, 0.1) is 0 Å². The summed E-state index contributed by atoms with van der Waals surface area (Å²) in [7, 11) is -0.805. The number of hydrogen-bond acceptors (Lipinski definition) is 19. The van der Waals surface area contributed by atoms with E-state index in [0.717, 1.165) is 27.8 Å². The van der Waals surface area contributed by atoms with Gasteiger partial charge < -0.3 is 75.6 Å². The first kappa shape index (κ1) is 53.0. The molecule has 6 aliphatic heterocycles. The van der Waals surface area contributed by atoms with Gasteiger partial charge in [0.05, 0.1) is 99.1 Å². The minimum Gasteiger partial charge on any atom is -0.449 e. The third kappa shape index (κ3) is 14.9. The molecule has 6 heterocycles. The topological polar surface area (TPSA) is 201 Å². The van der Waals surface area contributed by atoms with Gasteiger partial charge in [-0.3, -0.25) is 0 Å². The normalized spacial score (nSPS) is 21.6. The van der Waals surface area contributed by atoms with Crippen LogP contribution in [0.2, 0.25) is 0 Å². The van der Waals surface area contributed by atoms with Crippen LogP contribution >= 0.6 is 25.5 Å². The van der Waals surface area contributed by atoms with Gasteiger partial charge in [0.15, 0.2) is 8.52 Å². The van der Waals surface area contributed by atoms with Gasteiger partial charge in [0.2, 0.25) is 34.5 Å². The number of nitrogens with zero attached hydrogens (tertiary/aromatic N) is 2. The molecule has 6 atom stereocenters. The standard InChI is InChI=1S/C56H56N3O16P3/c1-6-16-46(36(11-1)21-60-26-41-31-65-41)70-51-52(71-47-17-7-2-12-37(47)22-61-27-42-32-66-42)54(73-49-19-9-4-14-39(49)24-63-29-44-34-68-44)56(75-78-58-76-57-77-59-78)55(74-50-20-10-5-15-40(50)25-64-30-45-35-69-45)53(51)72-48-18-8-3-13-38(48)23-62-28-43-33-67-43/h1-20,41-45H,21-35H2,(H,57,58,59). The van der Waals surface area contributed by atoms with Gasteiger partial charge in [-0.15, -0.1) is 0 Å². The summed E-state index contributed by atoms with van der Waals surface area (Å²) in [5.41, 5.74) is 3.65. The number of hydrogen-bond donors (Lipinski definition) is 1. The predicted octanol–water partition coefficient (Wildman–Crippen LogP) is 12.5. The Bertz CT molecular complexity index is 2910. The Kier molecular flexibility index (Phi) is 17.7. The summed E-state index contributed by atoms with van der Waals surface area (Å²) in [4.78, 5) is 3.30. The molecule has 5 fully saturated rings. The van der Waals surface area contributed by atoms with Crippen LogP contribution in [0.15, 0.2) is 130 Å². The maximum absolute atomic E-state index is 7.37. The van der Waals surface area contributed by atoms with Crippen LogP contribution in [0.1, 0.15) is 27.8 Å². The van der Waals surface area contributed by atoms with Crippen LogP contribution in [0.25, 0.3) is 0 Å². The third-order valence-electron chi connectivity index (χ3n) is 12.5. The maximum atomic E-state index is 7.37. The summed E-state index contributed by atoms with van der Waals surface area (Å²) in [6.07, 6.45) is 0.202. The van der Waals surface area contributed by atoms with Gasteiger partial charge in [-0.2, -0.15) is 13.9 Å². The maximum Gasteiger partial charge on any atom is 0.311 e. The first-order valence-corrected chi connectivity index (χ1v) is 28.5. The van der Waals surface area contributed by atoms with Crippen molar-refractivity contribution in [1.82, 2.24) is 4.86 Å². The highest BCUT2D eigenvalue weighted by atomic mass is 31.2. The lowest BCUT2D eigenvalue weighted by Crippen LogP contribution is -2.08. The molecule has 0 aromatic heterocycles. The number of nitrogens with one attached hydrogen (secondary N) is 1. The van der Waals surface area contributed by atoms with Gasteiger partial charge in [0.25, 0.3) is 0 Å². The molecule has 6 aromatic carbocycles. The predicted molar refractivity (Wildman–Crippen MR) is 285 cm³/mol. The second-order valence-corrected chi connectivity index (χ2v) is 22.0. The van der Waals surface area contributed by atoms with Crippen LogP contribution in [0.4, 0.5) is 0 Å². The lowest BCUT2D eigenvalue weighted by molar-refractivity contribution is 0.102. The van der Waals surface area contributed by atoms with Crippen molar-refractivity contribution >= 4 is 25.5 Å². The Morgan fingerprint density at radius 3 is 0.885 bits per heavy atom. The average Bonchev–Trinajstić information content (AvgIpc) is 4.30. The molecule has 0 bridgehead atoms. The fourth-order valence-corrected chi connectivity index (χ4v) is 10.8. The number of ether oxygens (including phenoxy) is 15. The van der Waals surface area contributed by atoms with Gasteiger partial charge >= 0.3 is 8.45 Å². The van der Waals surface area contributed by atoms with E-state index < -0.39 is 8.45 Å². The van der Waals surface area contributed by atoms with Crippen molar-refractivity contribution in [2.45, 2.75) is 63.6 Å². The van der Waals surface area contributed by atoms with Crippen LogP contribution < -0.4 is 33.1 Å². The lowest BCUT2D eigenvalue weighted by atomic mass is 10.1. The second-order valence-electron chi connectivity index (χ2n) is 18.7. The van der Waals surface area contributed by atoms with Crippen LogP contribution in [0.5, 0.6) is 63.2 Å². The molecular weight excluding hydrogens is 1060 g/mol. The van der Waals surface area contributed by atoms with E-state index in [1.165, 1.54) is 0 Å². The molecule has 12 rings (SSSR count). The van der Waals surface area contributed by atoms with Gasteiger partial charge in [0, 0.05) is 27.8 Å². The van der Waals surface area contributed by atoms with E-state index in [9.17, 15) is 0 Å². The Hall–Kier alpha value is -5.69. The van der Waals surface area contributed by atoms with E-state index in [0.29, 0.717) is 112 Å². The van der Waals surface area contributed by atoms with Gasteiger partial charge in [-0.1, -0.05) is 91.0 Å². The molecule has 0 radical (unpaired) electrons. The number of benzene rings is 6. The zero-order chi connectivity index (χ0) is 52.3. The molecule has 5 saturated heterocycles. The quantitative estimate of drug-likeness (QED) is 0.0308. The van der Waals surface area contributed by atoms with Crippen LogP contribution in [0.3, 0.4) is 0 Å². The molecule has 0 aliphatic carbocycles. The lowest BCUT2D eigenvalue weighted by Gasteiger charge is -2.27. The summed E-state index contributed by atoms with van der Waals surface area (Å²) < 4.78 is 111. The van der Waals surface area contributed by atoms with Gasteiger partial charge in [-0.05, 0) is 30.3 Å². The van der Waals surface area contributed by atoms with E-state index in [4.69, 9.17) is 80.1 Å². The summed E-state index contributed by atoms with van der Waals surface area (Å²) in [5, 5.41) is 0. The number of para-hydroxylation sites is 5. The van der Waals surface area contributed by atoms with Crippen molar-refractivity contribution in [2.75, 3.05) is 66.1 Å². The minimum atomic E-state index is -1.83. The molecule has 6 aromatic rings. The Morgan fingerprint density at radius 2 is 0.641 bits per heavy atom. The Balaban J connectivity index is 1.08. The molecule has 78 heavy (non-hydrogen) atoms. The largest absolute Gasteiger partial charge is 0.449 e. The average molecular weight is 1120 g/mol. The SMILES string of the molecule is c1ccc(Oc2c(Oc3ccccc3COCC3CO3)c(Oc3ccccc3COCC3CO3)c(OP3N=PN=PN3)c(Oc3ccccc3COCC3CO3)c2Oc2ccccc2COCC2CO2)c(COCC2CO2)c1. The summed E-state index contributed by atoms with van der Waals surface area (Å²) in [6.45, 7) is 6.33. The van der Waals surface area contributed by atoms with Crippen molar-refractivity contribution < 1.29 is 75.6 Å². The van der Waals surface area contributed by atoms with Gasteiger partial charge in [-0.25, -0.2) is 0 Å². The molecule has 6 aliphatic rings. The zero-order valence-corrected chi connectivity index (χ0v) is 45.0.